The Hall–Kier alpha value is -1.84. The van der Waals surface area contributed by atoms with Gasteiger partial charge in [-0.3, -0.25) is 9.59 Å². The van der Waals surface area contributed by atoms with Crippen molar-refractivity contribution in [1.82, 2.24) is 5.32 Å². The van der Waals surface area contributed by atoms with Gasteiger partial charge in [0.2, 0.25) is 0 Å². The minimum Gasteiger partial charge on any atom is -0.464 e. The van der Waals surface area contributed by atoms with Crippen LogP contribution in [0.2, 0.25) is 0 Å². The van der Waals surface area contributed by atoms with E-state index in [1.54, 1.807) is 12.1 Å². The molecule has 23 heavy (non-hydrogen) atoms. The summed E-state index contributed by atoms with van der Waals surface area (Å²) in [5.41, 5.74) is 1.76. The minimum absolute atomic E-state index is 0.0603. The van der Waals surface area contributed by atoms with E-state index in [2.05, 4.69) is 12.2 Å². The highest BCUT2D eigenvalue weighted by Gasteiger charge is 2.39. The molecule has 0 radical (unpaired) electrons. The molecule has 3 atom stereocenters. The Labute approximate surface area is 137 Å². The molecule has 0 saturated heterocycles. The van der Waals surface area contributed by atoms with Gasteiger partial charge in [0.05, 0.1) is 6.61 Å². The van der Waals surface area contributed by atoms with Gasteiger partial charge < -0.3 is 10.1 Å². The molecule has 1 amide bonds. The monoisotopic (exact) mass is 315 g/mol. The second kappa shape index (κ2) is 7.16. The Morgan fingerprint density at radius 2 is 1.96 bits per heavy atom. The predicted molar refractivity (Wildman–Crippen MR) is 88.1 cm³/mol. The fourth-order valence-electron chi connectivity index (χ4n) is 3.98. The predicted octanol–water partition coefficient (Wildman–Crippen LogP) is 2.96. The summed E-state index contributed by atoms with van der Waals surface area (Å²) in [4.78, 5) is 23.8. The van der Waals surface area contributed by atoms with Crippen LogP contribution in [-0.4, -0.2) is 25.0 Å². The van der Waals surface area contributed by atoms with Gasteiger partial charge in [0, 0.05) is 5.56 Å². The Balaban J connectivity index is 1.39. The van der Waals surface area contributed by atoms with Gasteiger partial charge >= 0.3 is 5.97 Å². The number of hydrogen-bond acceptors (Lipinski definition) is 3. The van der Waals surface area contributed by atoms with Crippen LogP contribution in [0.1, 0.15) is 48.5 Å². The summed E-state index contributed by atoms with van der Waals surface area (Å²) in [7, 11) is 0. The van der Waals surface area contributed by atoms with Crippen molar-refractivity contribution in [3.05, 3.63) is 35.4 Å². The van der Waals surface area contributed by atoms with E-state index in [9.17, 15) is 9.59 Å². The topological polar surface area (TPSA) is 55.4 Å². The molecule has 2 bridgehead atoms. The van der Waals surface area contributed by atoms with Crippen molar-refractivity contribution in [2.75, 3.05) is 13.2 Å². The number of aryl methyl sites for hydroxylation is 1. The second-order valence-electron chi connectivity index (χ2n) is 6.85. The Kier molecular flexibility index (Phi) is 4.99. The SMILES string of the molecule is CCc1ccc(C(=O)NCC(=O)OCC2CC3CCC2C3)cc1. The highest BCUT2D eigenvalue weighted by Crippen LogP contribution is 2.48. The molecule has 4 heteroatoms. The molecule has 2 aliphatic carbocycles. The molecule has 0 spiro atoms. The van der Waals surface area contributed by atoms with Crippen LogP contribution >= 0.6 is 0 Å². The molecule has 2 aliphatic rings. The van der Waals surface area contributed by atoms with Gasteiger partial charge in [-0.05, 0) is 61.1 Å². The first kappa shape index (κ1) is 16.0. The van der Waals surface area contributed by atoms with Crippen LogP contribution in [0.4, 0.5) is 0 Å². The molecular weight excluding hydrogens is 290 g/mol. The third-order valence-electron chi connectivity index (χ3n) is 5.36. The lowest BCUT2D eigenvalue weighted by molar-refractivity contribution is -0.144. The van der Waals surface area contributed by atoms with Crippen molar-refractivity contribution in [3.63, 3.8) is 0 Å². The van der Waals surface area contributed by atoms with Crippen molar-refractivity contribution in [1.29, 1.82) is 0 Å². The summed E-state index contributed by atoms with van der Waals surface area (Å²) in [5, 5.41) is 2.63. The van der Waals surface area contributed by atoms with Crippen LogP contribution < -0.4 is 5.32 Å². The van der Waals surface area contributed by atoms with Crippen LogP contribution in [0, 0.1) is 17.8 Å². The van der Waals surface area contributed by atoms with E-state index in [0.717, 1.165) is 18.3 Å². The van der Waals surface area contributed by atoms with Crippen LogP contribution in [0.15, 0.2) is 24.3 Å². The molecule has 3 unspecified atom stereocenters. The highest BCUT2D eigenvalue weighted by molar-refractivity contribution is 5.95. The lowest BCUT2D eigenvalue weighted by atomic mass is 9.90. The molecule has 1 aromatic rings. The zero-order valence-electron chi connectivity index (χ0n) is 13.7. The van der Waals surface area contributed by atoms with E-state index in [4.69, 9.17) is 4.74 Å². The van der Waals surface area contributed by atoms with Crippen LogP contribution in [0.5, 0.6) is 0 Å². The van der Waals surface area contributed by atoms with Crippen LogP contribution in [-0.2, 0) is 16.0 Å². The van der Waals surface area contributed by atoms with E-state index in [1.807, 2.05) is 12.1 Å². The number of ether oxygens (including phenoxy) is 1. The third-order valence-corrected chi connectivity index (χ3v) is 5.36. The van der Waals surface area contributed by atoms with Crippen molar-refractivity contribution in [3.8, 4) is 0 Å². The molecule has 0 aliphatic heterocycles. The fraction of sp³-hybridized carbons (Fsp3) is 0.579. The van der Waals surface area contributed by atoms with Crippen molar-refractivity contribution < 1.29 is 14.3 Å². The van der Waals surface area contributed by atoms with Gasteiger partial charge in [-0.2, -0.15) is 0 Å². The average Bonchev–Trinajstić information content (AvgIpc) is 3.21. The minimum atomic E-state index is -0.341. The van der Waals surface area contributed by atoms with Crippen LogP contribution in [0.25, 0.3) is 0 Å². The summed E-state index contributed by atoms with van der Waals surface area (Å²) in [5.74, 6) is 1.57. The molecule has 4 nitrogen and oxygen atoms in total. The van der Waals surface area contributed by atoms with Gasteiger partial charge in [-0.25, -0.2) is 0 Å². The molecule has 0 heterocycles. The number of nitrogens with one attached hydrogen (secondary N) is 1. The van der Waals surface area contributed by atoms with Gasteiger partial charge in [0.15, 0.2) is 0 Å². The standard InChI is InChI=1S/C19H25NO3/c1-2-13-3-6-15(7-4-13)19(22)20-11-18(21)23-12-17-10-14-5-8-16(17)9-14/h3-4,6-7,14,16-17H,2,5,8-12H2,1H3,(H,20,22). The largest absolute Gasteiger partial charge is 0.464 e. The van der Waals surface area contributed by atoms with Gasteiger partial charge in [-0.15, -0.1) is 0 Å². The molecule has 3 rings (SSSR count). The number of esters is 1. The molecule has 1 N–H and O–H groups in total. The number of benzene rings is 1. The molecular formula is C19H25NO3. The lowest BCUT2D eigenvalue weighted by Crippen LogP contribution is -2.31. The number of rotatable bonds is 6. The Morgan fingerprint density at radius 1 is 1.17 bits per heavy atom. The molecule has 124 valence electrons. The molecule has 2 fully saturated rings. The van der Waals surface area contributed by atoms with Crippen LogP contribution in [0.3, 0.4) is 0 Å². The number of carbonyl (C=O) groups excluding carboxylic acids is 2. The maximum atomic E-state index is 12.0. The first-order chi connectivity index (χ1) is 11.2. The Morgan fingerprint density at radius 3 is 2.57 bits per heavy atom. The summed E-state index contributed by atoms with van der Waals surface area (Å²) < 4.78 is 5.35. The normalized spacial score (nSPS) is 25.3. The van der Waals surface area contributed by atoms with E-state index < -0.39 is 0 Å². The lowest BCUT2D eigenvalue weighted by Gasteiger charge is -2.21. The number of amides is 1. The van der Waals surface area contributed by atoms with Crippen molar-refractivity contribution in [2.45, 2.75) is 39.0 Å². The molecule has 1 aromatic carbocycles. The van der Waals surface area contributed by atoms with Crippen molar-refractivity contribution >= 4 is 11.9 Å². The Bertz CT molecular complexity index is 566. The van der Waals surface area contributed by atoms with Gasteiger partial charge in [0.25, 0.3) is 5.91 Å². The number of carbonyl (C=O) groups is 2. The number of fused-ring (bicyclic) bond motifs is 2. The fourth-order valence-corrected chi connectivity index (χ4v) is 3.98. The maximum Gasteiger partial charge on any atom is 0.325 e. The summed E-state index contributed by atoms with van der Waals surface area (Å²) in [6.45, 7) is 2.53. The zero-order valence-corrected chi connectivity index (χ0v) is 13.7. The smallest absolute Gasteiger partial charge is 0.325 e. The molecule has 0 aromatic heterocycles. The first-order valence-corrected chi connectivity index (χ1v) is 8.68. The van der Waals surface area contributed by atoms with E-state index >= 15 is 0 Å². The quantitative estimate of drug-likeness (QED) is 0.821. The first-order valence-electron chi connectivity index (χ1n) is 8.68. The highest BCUT2D eigenvalue weighted by atomic mass is 16.5. The summed E-state index contributed by atoms with van der Waals surface area (Å²) in [6.07, 6.45) is 6.09. The molecule has 2 saturated carbocycles. The summed E-state index contributed by atoms with van der Waals surface area (Å²) in [6, 6.07) is 7.44. The number of hydrogen-bond donors (Lipinski definition) is 1. The maximum absolute atomic E-state index is 12.0. The van der Waals surface area contributed by atoms with Crippen molar-refractivity contribution in [2.24, 2.45) is 17.8 Å². The second-order valence-corrected chi connectivity index (χ2v) is 6.85. The van der Waals surface area contributed by atoms with E-state index in [1.165, 1.54) is 31.2 Å². The third kappa shape index (κ3) is 3.92. The van der Waals surface area contributed by atoms with E-state index in [0.29, 0.717) is 18.1 Å². The zero-order chi connectivity index (χ0) is 16.2. The van der Waals surface area contributed by atoms with E-state index in [-0.39, 0.29) is 18.4 Å². The summed E-state index contributed by atoms with van der Waals surface area (Å²) >= 11 is 0. The average molecular weight is 315 g/mol. The van der Waals surface area contributed by atoms with Gasteiger partial charge in [0.1, 0.15) is 6.54 Å². The van der Waals surface area contributed by atoms with Gasteiger partial charge in [-0.1, -0.05) is 25.5 Å².